The smallest absolute Gasteiger partial charge is 0.243 e. The normalized spacial score (nSPS) is 11.6. The Kier molecular flexibility index (Phi) is 6.13. The predicted octanol–water partition coefficient (Wildman–Crippen LogP) is 3.59. The minimum absolute atomic E-state index is 0.0367. The van der Waals surface area contributed by atoms with E-state index in [1.54, 1.807) is 7.05 Å². The van der Waals surface area contributed by atoms with E-state index in [9.17, 15) is 9.59 Å². The molecular formula is C20H24N2O2. The number of hydrogen-bond donors (Lipinski definition) is 1. The predicted molar refractivity (Wildman–Crippen MR) is 96.9 cm³/mol. The van der Waals surface area contributed by atoms with Crippen molar-refractivity contribution >= 4 is 17.5 Å². The van der Waals surface area contributed by atoms with Crippen molar-refractivity contribution in [2.24, 2.45) is 0 Å². The van der Waals surface area contributed by atoms with E-state index < -0.39 is 0 Å². The Labute approximate surface area is 143 Å². The van der Waals surface area contributed by atoms with E-state index in [2.05, 4.69) is 5.32 Å². The van der Waals surface area contributed by atoms with Crippen LogP contribution in [0.25, 0.3) is 0 Å². The van der Waals surface area contributed by atoms with Crippen molar-refractivity contribution in [3.63, 3.8) is 0 Å². The van der Waals surface area contributed by atoms with Gasteiger partial charge in [0.05, 0.1) is 6.54 Å². The Hall–Kier alpha value is -2.62. The Morgan fingerprint density at radius 3 is 2.29 bits per heavy atom. The van der Waals surface area contributed by atoms with Gasteiger partial charge in [-0.2, -0.15) is 0 Å². The van der Waals surface area contributed by atoms with Crippen LogP contribution in [0.3, 0.4) is 0 Å². The van der Waals surface area contributed by atoms with Gasteiger partial charge in [-0.05, 0) is 30.5 Å². The zero-order chi connectivity index (χ0) is 17.5. The first-order chi connectivity index (χ1) is 11.5. The Balaban J connectivity index is 1.84. The maximum Gasteiger partial charge on any atom is 0.243 e. The van der Waals surface area contributed by atoms with E-state index in [0.717, 1.165) is 16.8 Å². The molecule has 24 heavy (non-hydrogen) atoms. The molecule has 0 spiro atoms. The molecule has 4 nitrogen and oxygen atoms in total. The average Bonchev–Trinajstić information content (AvgIpc) is 2.57. The molecule has 2 amide bonds. The summed E-state index contributed by atoms with van der Waals surface area (Å²) in [7, 11) is 1.66. The van der Waals surface area contributed by atoms with Crippen LogP contribution in [0.5, 0.6) is 0 Å². The van der Waals surface area contributed by atoms with Crippen LogP contribution in [0.1, 0.15) is 30.4 Å². The maximum atomic E-state index is 12.3. The van der Waals surface area contributed by atoms with Gasteiger partial charge in [0.15, 0.2) is 0 Å². The lowest BCUT2D eigenvalue weighted by Crippen LogP contribution is -2.35. The molecule has 1 N–H and O–H groups in total. The molecule has 0 unspecified atom stereocenters. The van der Waals surface area contributed by atoms with Gasteiger partial charge in [0, 0.05) is 19.2 Å². The molecule has 0 fully saturated rings. The number of amides is 2. The van der Waals surface area contributed by atoms with Crippen molar-refractivity contribution in [2.75, 3.05) is 18.9 Å². The summed E-state index contributed by atoms with van der Waals surface area (Å²) in [4.78, 5) is 25.8. The number of carbonyl (C=O) groups excluding carboxylic acids is 2. The summed E-state index contributed by atoms with van der Waals surface area (Å²) in [6.07, 6.45) is 0.387. The Morgan fingerprint density at radius 2 is 1.67 bits per heavy atom. The third kappa shape index (κ3) is 5.23. The number of rotatable bonds is 6. The number of hydrogen-bond acceptors (Lipinski definition) is 2. The van der Waals surface area contributed by atoms with Gasteiger partial charge >= 0.3 is 0 Å². The second-order valence-electron chi connectivity index (χ2n) is 6.18. The molecule has 0 saturated heterocycles. The van der Waals surface area contributed by atoms with E-state index in [1.807, 2.05) is 68.4 Å². The summed E-state index contributed by atoms with van der Waals surface area (Å²) in [6.45, 7) is 4.06. The summed E-state index contributed by atoms with van der Waals surface area (Å²) < 4.78 is 0. The third-order valence-corrected chi connectivity index (χ3v) is 3.99. The first-order valence-electron chi connectivity index (χ1n) is 8.11. The highest BCUT2D eigenvalue weighted by atomic mass is 16.2. The minimum atomic E-state index is -0.193. The molecule has 0 bridgehead atoms. The van der Waals surface area contributed by atoms with Crippen LogP contribution in [-0.2, 0) is 9.59 Å². The van der Waals surface area contributed by atoms with Gasteiger partial charge in [0.25, 0.3) is 0 Å². The minimum Gasteiger partial charge on any atom is -0.336 e. The monoisotopic (exact) mass is 324 g/mol. The van der Waals surface area contributed by atoms with Crippen LogP contribution in [0, 0.1) is 6.92 Å². The summed E-state index contributed by atoms with van der Waals surface area (Å²) in [5.74, 6) is -0.103. The van der Waals surface area contributed by atoms with Gasteiger partial charge in [-0.25, -0.2) is 0 Å². The zero-order valence-corrected chi connectivity index (χ0v) is 14.5. The summed E-state index contributed by atoms with van der Waals surface area (Å²) in [6, 6.07) is 17.5. The van der Waals surface area contributed by atoms with E-state index >= 15 is 0 Å². The molecule has 0 aromatic heterocycles. The van der Waals surface area contributed by atoms with Gasteiger partial charge in [0.1, 0.15) is 0 Å². The largest absolute Gasteiger partial charge is 0.336 e. The lowest BCUT2D eigenvalue weighted by Gasteiger charge is -2.19. The van der Waals surface area contributed by atoms with Gasteiger partial charge in [-0.3, -0.25) is 9.59 Å². The van der Waals surface area contributed by atoms with Crippen LogP contribution < -0.4 is 5.32 Å². The Morgan fingerprint density at radius 1 is 1.04 bits per heavy atom. The highest BCUT2D eigenvalue weighted by Gasteiger charge is 2.17. The molecule has 0 aliphatic heterocycles. The first kappa shape index (κ1) is 17.7. The van der Waals surface area contributed by atoms with E-state index in [0.29, 0.717) is 6.42 Å². The maximum absolute atomic E-state index is 12.3. The van der Waals surface area contributed by atoms with Gasteiger partial charge in [-0.15, -0.1) is 0 Å². The number of nitrogens with one attached hydrogen (secondary N) is 1. The molecule has 0 radical (unpaired) electrons. The number of nitrogens with zero attached hydrogens (tertiary/aromatic N) is 1. The second-order valence-corrected chi connectivity index (χ2v) is 6.18. The lowest BCUT2D eigenvalue weighted by molar-refractivity contribution is -0.133. The summed E-state index contributed by atoms with van der Waals surface area (Å²) in [5.41, 5.74) is 3.00. The van der Waals surface area contributed by atoms with Crippen molar-refractivity contribution in [1.82, 2.24) is 4.90 Å². The first-order valence-corrected chi connectivity index (χ1v) is 8.11. The number of anilines is 1. The van der Waals surface area contributed by atoms with Gasteiger partial charge in [0.2, 0.25) is 11.8 Å². The molecule has 2 rings (SSSR count). The molecule has 2 aromatic carbocycles. The molecule has 0 aliphatic carbocycles. The van der Waals surface area contributed by atoms with Gasteiger partial charge < -0.3 is 10.2 Å². The van der Waals surface area contributed by atoms with Crippen molar-refractivity contribution in [2.45, 2.75) is 26.2 Å². The fourth-order valence-electron chi connectivity index (χ4n) is 2.46. The van der Waals surface area contributed by atoms with Crippen LogP contribution in [0.15, 0.2) is 54.6 Å². The van der Waals surface area contributed by atoms with Crippen LogP contribution in [0.4, 0.5) is 5.69 Å². The number of aryl methyl sites for hydroxylation is 1. The molecule has 2 aromatic rings. The molecule has 126 valence electrons. The lowest BCUT2D eigenvalue weighted by atomic mass is 9.97. The number of carbonyl (C=O) groups is 2. The second kappa shape index (κ2) is 8.29. The Bertz CT molecular complexity index is 681. The fraction of sp³-hybridized carbons (Fsp3) is 0.300. The van der Waals surface area contributed by atoms with Crippen LogP contribution >= 0.6 is 0 Å². The van der Waals surface area contributed by atoms with Gasteiger partial charge in [-0.1, -0.05) is 55.0 Å². The number of benzene rings is 2. The molecule has 0 saturated carbocycles. The fourth-order valence-corrected chi connectivity index (χ4v) is 2.46. The van der Waals surface area contributed by atoms with Crippen molar-refractivity contribution in [3.05, 3.63) is 65.7 Å². The summed E-state index contributed by atoms with van der Waals surface area (Å²) in [5, 5.41) is 2.81. The topological polar surface area (TPSA) is 49.4 Å². The zero-order valence-electron chi connectivity index (χ0n) is 14.5. The van der Waals surface area contributed by atoms with E-state index in [4.69, 9.17) is 0 Å². The highest BCUT2D eigenvalue weighted by molar-refractivity contribution is 5.94. The molecule has 4 heteroatoms. The third-order valence-electron chi connectivity index (χ3n) is 3.99. The van der Waals surface area contributed by atoms with Crippen LogP contribution in [-0.4, -0.2) is 30.3 Å². The molecule has 1 atom stereocenters. The average molecular weight is 324 g/mol. The standard InChI is InChI=1S/C20H24N2O2/c1-15-9-11-18(12-10-15)21-19(23)14-22(3)20(24)13-16(2)17-7-5-4-6-8-17/h4-12,16H,13-14H2,1-3H3,(H,21,23)/t16-/m1/s1. The SMILES string of the molecule is Cc1ccc(NC(=O)CN(C)C(=O)C[C@@H](C)c2ccccc2)cc1. The summed E-state index contributed by atoms with van der Waals surface area (Å²) >= 11 is 0. The van der Waals surface area contributed by atoms with Crippen LogP contribution in [0.2, 0.25) is 0 Å². The quantitative estimate of drug-likeness (QED) is 0.883. The molecule has 0 heterocycles. The van der Waals surface area contributed by atoms with Crippen molar-refractivity contribution in [1.29, 1.82) is 0 Å². The highest BCUT2D eigenvalue weighted by Crippen LogP contribution is 2.19. The molecule has 0 aliphatic rings. The van der Waals surface area contributed by atoms with E-state index in [-0.39, 0.29) is 24.3 Å². The van der Waals surface area contributed by atoms with Crippen molar-refractivity contribution < 1.29 is 9.59 Å². The molecular weight excluding hydrogens is 300 g/mol. The number of likely N-dealkylation sites (N-methyl/N-ethyl adjacent to an activating group) is 1. The van der Waals surface area contributed by atoms with Crippen molar-refractivity contribution in [3.8, 4) is 0 Å². The van der Waals surface area contributed by atoms with E-state index in [1.165, 1.54) is 4.90 Å².